The van der Waals surface area contributed by atoms with Gasteiger partial charge in [-0.15, -0.1) is 0 Å². The molecule has 0 saturated carbocycles. The van der Waals surface area contributed by atoms with Crippen LogP contribution in [0.3, 0.4) is 0 Å². The third-order valence-corrected chi connectivity index (χ3v) is 3.80. The van der Waals surface area contributed by atoms with Gasteiger partial charge in [0.25, 0.3) is 5.91 Å². The SMILES string of the molecule is Cc1cc(C(=O)N2CCC[C@@H]2Cc2ccccc2)no1. The van der Waals surface area contributed by atoms with E-state index in [-0.39, 0.29) is 11.9 Å². The fourth-order valence-electron chi connectivity index (χ4n) is 2.82. The van der Waals surface area contributed by atoms with Crippen LogP contribution in [0, 0.1) is 6.92 Å². The summed E-state index contributed by atoms with van der Waals surface area (Å²) in [5.41, 5.74) is 1.69. The maximum atomic E-state index is 12.5. The molecule has 0 N–H and O–H groups in total. The van der Waals surface area contributed by atoms with E-state index >= 15 is 0 Å². The smallest absolute Gasteiger partial charge is 0.276 e. The Hall–Kier alpha value is -2.10. The monoisotopic (exact) mass is 270 g/mol. The lowest BCUT2D eigenvalue weighted by atomic mass is 10.0. The first-order chi connectivity index (χ1) is 9.74. The van der Waals surface area contributed by atoms with E-state index in [0.717, 1.165) is 25.8 Å². The Morgan fingerprint density at radius 3 is 2.90 bits per heavy atom. The molecular formula is C16H18N2O2. The molecule has 0 aliphatic carbocycles. The molecule has 1 fully saturated rings. The number of aryl methyl sites for hydroxylation is 1. The van der Waals surface area contributed by atoms with Crippen molar-refractivity contribution >= 4 is 5.91 Å². The molecule has 20 heavy (non-hydrogen) atoms. The lowest BCUT2D eigenvalue weighted by molar-refractivity contribution is 0.0726. The number of carbonyl (C=O) groups excluding carboxylic acids is 1. The van der Waals surface area contributed by atoms with Crippen molar-refractivity contribution in [2.45, 2.75) is 32.2 Å². The molecule has 3 rings (SSSR count). The highest BCUT2D eigenvalue weighted by Gasteiger charge is 2.30. The number of likely N-dealkylation sites (tertiary alicyclic amines) is 1. The summed E-state index contributed by atoms with van der Waals surface area (Å²) in [4.78, 5) is 14.4. The Morgan fingerprint density at radius 1 is 1.40 bits per heavy atom. The molecule has 1 saturated heterocycles. The van der Waals surface area contributed by atoms with Crippen LogP contribution >= 0.6 is 0 Å². The van der Waals surface area contributed by atoms with Crippen molar-refractivity contribution in [3.63, 3.8) is 0 Å². The highest BCUT2D eigenvalue weighted by molar-refractivity contribution is 5.92. The second-order valence-corrected chi connectivity index (χ2v) is 5.31. The number of rotatable bonds is 3. The van der Waals surface area contributed by atoms with Crippen molar-refractivity contribution in [2.24, 2.45) is 0 Å². The van der Waals surface area contributed by atoms with Crippen LogP contribution in [0.5, 0.6) is 0 Å². The van der Waals surface area contributed by atoms with Gasteiger partial charge in [-0.3, -0.25) is 4.79 Å². The molecule has 0 unspecified atom stereocenters. The summed E-state index contributed by atoms with van der Waals surface area (Å²) in [5.74, 6) is 0.660. The minimum absolute atomic E-state index is 0.0136. The third-order valence-electron chi connectivity index (χ3n) is 3.80. The van der Waals surface area contributed by atoms with E-state index < -0.39 is 0 Å². The predicted octanol–water partition coefficient (Wildman–Crippen LogP) is 2.83. The van der Waals surface area contributed by atoms with Crippen LogP contribution in [0.1, 0.15) is 34.7 Å². The first kappa shape index (κ1) is 12.9. The number of hydrogen-bond acceptors (Lipinski definition) is 3. The molecule has 2 heterocycles. The molecule has 1 atom stereocenters. The molecule has 4 nitrogen and oxygen atoms in total. The number of benzene rings is 1. The van der Waals surface area contributed by atoms with Gasteiger partial charge in [0.05, 0.1) is 0 Å². The number of carbonyl (C=O) groups is 1. The molecule has 1 amide bonds. The van der Waals surface area contributed by atoms with E-state index in [0.29, 0.717) is 11.5 Å². The van der Waals surface area contributed by atoms with Gasteiger partial charge in [0, 0.05) is 18.7 Å². The van der Waals surface area contributed by atoms with E-state index in [1.807, 2.05) is 23.1 Å². The van der Waals surface area contributed by atoms with Gasteiger partial charge in [-0.25, -0.2) is 0 Å². The van der Waals surface area contributed by atoms with Crippen molar-refractivity contribution < 1.29 is 9.32 Å². The topological polar surface area (TPSA) is 46.3 Å². The van der Waals surface area contributed by atoms with Crippen LogP contribution in [-0.4, -0.2) is 28.6 Å². The Bertz CT molecular complexity index is 592. The summed E-state index contributed by atoms with van der Waals surface area (Å²) >= 11 is 0. The Balaban J connectivity index is 1.74. The zero-order valence-corrected chi connectivity index (χ0v) is 11.6. The van der Waals surface area contributed by atoms with Gasteiger partial charge >= 0.3 is 0 Å². The zero-order chi connectivity index (χ0) is 13.9. The summed E-state index contributed by atoms with van der Waals surface area (Å²) in [6.45, 7) is 2.61. The standard InChI is InChI=1S/C16H18N2O2/c1-12-10-15(17-20-12)16(19)18-9-5-8-14(18)11-13-6-3-2-4-7-13/h2-4,6-7,10,14H,5,8-9,11H2,1H3/t14-/m1/s1. The second-order valence-electron chi connectivity index (χ2n) is 5.31. The summed E-state index contributed by atoms with van der Waals surface area (Å²) < 4.78 is 5.00. The summed E-state index contributed by atoms with van der Waals surface area (Å²) in [7, 11) is 0. The summed E-state index contributed by atoms with van der Waals surface area (Å²) in [6, 6.07) is 12.3. The second kappa shape index (κ2) is 5.49. The molecule has 0 radical (unpaired) electrons. The minimum Gasteiger partial charge on any atom is -0.361 e. The average Bonchev–Trinajstić information content (AvgIpc) is 3.08. The number of aromatic nitrogens is 1. The predicted molar refractivity (Wildman–Crippen MR) is 75.4 cm³/mol. The molecule has 4 heteroatoms. The van der Waals surface area contributed by atoms with Crippen LogP contribution in [-0.2, 0) is 6.42 Å². The first-order valence-electron chi connectivity index (χ1n) is 7.02. The van der Waals surface area contributed by atoms with Crippen LogP contribution in [0.4, 0.5) is 0 Å². The Kier molecular flexibility index (Phi) is 3.54. The fraction of sp³-hybridized carbons (Fsp3) is 0.375. The van der Waals surface area contributed by atoms with Gasteiger partial charge in [0.1, 0.15) is 5.76 Å². The van der Waals surface area contributed by atoms with Crippen molar-refractivity contribution in [1.82, 2.24) is 10.1 Å². The van der Waals surface area contributed by atoms with Gasteiger partial charge in [-0.05, 0) is 31.7 Å². The molecule has 104 valence electrons. The van der Waals surface area contributed by atoms with E-state index in [4.69, 9.17) is 4.52 Å². The largest absolute Gasteiger partial charge is 0.361 e. The van der Waals surface area contributed by atoms with Crippen LogP contribution in [0.15, 0.2) is 40.9 Å². The van der Waals surface area contributed by atoms with Crippen LogP contribution in [0.2, 0.25) is 0 Å². The highest BCUT2D eigenvalue weighted by atomic mass is 16.5. The molecule has 1 aliphatic rings. The molecule has 1 aromatic heterocycles. The number of amides is 1. The van der Waals surface area contributed by atoms with Crippen molar-refractivity contribution in [3.05, 3.63) is 53.4 Å². The molecule has 0 bridgehead atoms. The van der Waals surface area contributed by atoms with Gasteiger partial charge in [0.2, 0.25) is 0 Å². The molecule has 1 aromatic carbocycles. The quantitative estimate of drug-likeness (QED) is 0.861. The van der Waals surface area contributed by atoms with E-state index in [9.17, 15) is 4.79 Å². The van der Waals surface area contributed by atoms with Gasteiger partial charge in [0.15, 0.2) is 5.69 Å². The Morgan fingerprint density at radius 2 is 2.20 bits per heavy atom. The molecule has 0 spiro atoms. The van der Waals surface area contributed by atoms with E-state index in [1.165, 1.54) is 5.56 Å². The molecular weight excluding hydrogens is 252 g/mol. The normalized spacial score (nSPS) is 18.4. The zero-order valence-electron chi connectivity index (χ0n) is 11.6. The average molecular weight is 270 g/mol. The van der Waals surface area contributed by atoms with Crippen molar-refractivity contribution in [1.29, 1.82) is 0 Å². The van der Waals surface area contributed by atoms with Crippen molar-refractivity contribution in [2.75, 3.05) is 6.54 Å². The maximum Gasteiger partial charge on any atom is 0.276 e. The van der Waals surface area contributed by atoms with Crippen LogP contribution < -0.4 is 0 Å². The van der Waals surface area contributed by atoms with E-state index in [2.05, 4.69) is 17.3 Å². The van der Waals surface area contributed by atoms with Crippen molar-refractivity contribution in [3.8, 4) is 0 Å². The highest BCUT2D eigenvalue weighted by Crippen LogP contribution is 2.23. The summed E-state index contributed by atoms with van der Waals surface area (Å²) in [6.07, 6.45) is 3.01. The fourth-order valence-corrected chi connectivity index (χ4v) is 2.82. The Labute approximate surface area is 118 Å². The third kappa shape index (κ3) is 2.59. The lowest BCUT2D eigenvalue weighted by Gasteiger charge is -2.23. The first-order valence-corrected chi connectivity index (χ1v) is 7.02. The molecule has 2 aromatic rings. The lowest BCUT2D eigenvalue weighted by Crippen LogP contribution is -2.37. The summed E-state index contributed by atoms with van der Waals surface area (Å²) in [5, 5.41) is 3.84. The molecule has 1 aliphatic heterocycles. The van der Waals surface area contributed by atoms with Gasteiger partial charge < -0.3 is 9.42 Å². The number of hydrogen-bond donors (Lipinski definition) is 0. The van der Waals surface area contributed by atoms with Gasteiger partial charge in [-0.2, -0.15) is 0 Å². The van der Waals surface area contributed by atoms with E-state index in [1.54, 1.807) is 13.0 Å². The van der Waals surface area contributed by atoms with Crippen LogP contribution in [0.25, 0.3) is 0 Å². The number of nitrogens with zero attached hydrogens (tertiary/aromatic N) is 2. The maximum absolute atomic E-state index is 12.5. The minimum atomic E-state index is -0.0136. The van der Waals surface area contributed by atoms with Gasteiger partial charge in [-0.1, -0.05) is 35.5 Å².